The molecule has 0 aliphatic rings. The molecule has 0 atom stereocenters. The van der Waals surface area contributed by atoms with E-state index in [2.05, 4.69) is 25.4 Å². The molecular formula is C23H17N7O6. The van der Waals surface area contributed by atoms with Crippen LogP contribution in [-0.2, 0) is 0 Å². The molecule has 0 radical (unpaired) electrons. The zero-order valence-electron chi connectivity index (χ0n) is 18.2. The molecule has 0 aliphatic heterocycles. The van der Waals surface area contributed by atoms with Gasteiger partial charge in [0.15, 0.2) is 0 Å². The number of aromatic nitrogens is 4. The number of carbonyl (C=O) groups is 2. The zero-order valence-corrected chi connectivity index (χ0v) is 18.2. The van der Waals surface area contributed by atoms with Gasteiger partial charge in [-0.15, -0.1) is 5.10 Å². The summed E-state index contributed by atoms with van der Waals surface area (Å²) in [6.45, 7) is 0. The molecule has 0 amide bonds. The molecule has 13 heteroatoms. The molecule has 2 aromatic carbocycles. The molecule has 180 valence electrons. The van der Waals surface area contributed by atoms with Crippen LogP contribution in [0.25, 0.3) is 16.9 Å². The summed E-state index contributed by atoms with van der Waals surface area (Å²) in [5, 5.41) is 49.6. The third-order valence-corrected chi connectivity index (χ3v) is 4.99. The van der Waals surface area contributed by atoms with Gasteiger partial charge >= 0.3 is 11.9 Å². The molecule has 2 aromatic heterocycles. The topological polar surface area (TPSA) is 209 Å². The third kappa shape index (κ3) is 4.84. The summed E-state index contributed by atoms with van der Waals surface area (Å²) >= 11 is 0. The lowest BCUT2D eigenvalue weighted by molar-refractivity contribution is 0.0682. The Labute approximate surface area is 202 Å². The fraction of sp³-hybridized carbons (Fsp3) is 0. The molecule has 0 spiro atoms. The van der Waals surface area contributed by atoms with E-state index in [1.165, 1.54) is 59.7 Å². The second-order valence-corrected chi connectivity index (χ2v) is 7.30. The van der Waals surface area contributed by atoms with E-state index in [-0.39, 0.29) is 22.5 Å². The lowest BCUT2D eigenvalue weighted by Crippen LogP contribution is -2.06. The molecule has 2 heterocycles. The molecule has 0 saturated heterocycles. The maximum atomic E-state index is 11.1. The number of aliphatic imine (C=N–C) groups is 1. The molecule has 0 bridgehead atoms. The Balaban J connectivity index is 1.58. The number of carboxylic acid groups (broad SMARTS) is 2. The molecule has 6 N–H and O–H groups in total. The van der Waals surface area contributed by atoms with Crippen LogP contribution in [0.4, 0.5) is 5.69 Å². The minimum absolute atomic E-state index is 0.237. The number of nitrogens with two attached hydrogens (primary N) is 1. The minimum Gasteiger partial charge on any atom is -0.507 e. The SMILES string of the molecule is NN=C(C=Nc1ccc(C(=O)O)c(O)c1)c1cncc(-c2cn(-c3ccc(C(=O)O)c(O)c3)nn2)c1. The highest BCUT2D eigenvalue weighted by atomic mass is 16.4. The molecule has 0 fully saturated rings. The first-order valence-electron chi connectivity index (χ1n) is 10.1. The van der Waals surface area contributed by atoms with Crippen molar-refractivity contribution in [2.24, 2.45) is 15.9 Å². The Morgan fingerprint density at radius 1 is 0.944 bits per heavy atom. The number of pyridine rings is 1. The van der Waals surface area contributed by atoms with Gasteiger partial charge in [-0.1, -0.05) is 5.21 Å². The van der Waals surface area contributed by atoms with E-state index in [0.717, 1.165) is 0 Å². The lowest BCUT2D eigenvalue weighted by Gasteiger charge is -2.04. The largest absolute Gasteiger partial charge is 0.507 e. The Morgan fingerprint density at radius 3 is 2.28 bits per heavy atom. The number of carboxylic acids is 2. The van der Waals surface area contributed by atoms with Crippen LogP contribution in [-0.4, -0.2) is 64.3 Å². The van der Waals surface area contributed by atoms with Crippen LogP contribution in [0.15, 0.2) is 71.1 Å². The van der Waals surface area contributed by atoms with Crippen LogP contribution in [0.3, 0.4) is 0 Å². The molecule has 4 rings (SSSR count). The highest BCUT2D eigenvalue weighted by Crippen LogP contribution is 2.25. The van der Waals surface area contributed by atoms with Gasteiger partial charge in [0, 0.05) is 35.7 Å². The number of nitrogens with zero attached hydrogens (tertiary/aromatic N) is 6. The molecule has 0 unspecified atom stereocenters. The Bertz CT molecular complexity index is 1540. The van der Waals surface area contributed by atoms with Crippen molar-refractivity contribution in [2.75, 3.05) is 0 Å². The number of aromatic carboxylic acids is 2. The van der Waals surface area contributed by atoms with Crippen LogP contribution in [0, 0.1) is 0 Å². The first-order chi connectivity index (χ1) is 17.3. The number of aromatic hydroxyl groups is 2. The smallest absolute Gasteiger partial charge is 0.339 e. The van der Waals surface area contributed by atoms with Crippen molar-refractivity contribution in [1.29, 1.82) is 0 Å². The second-order valence-electron chi connectivity index (χ2n) is 7.30. The molecule has 13 nitrogen and oxygen atoms in total. The Morgan fingerprint density at radius 2 is 1.64 bits per heavy atom. The molecule has 4 aromatic rings. The van der Waals surface area contributed by atoms with Crippen molar-refractivity contribution >= 4 is 29.6 Å². The van der Waals surface area contributed by atoms with E-state index in [9.17, 15) is 19.8 Å². The van der Waals surface area contributed by atoms with Crippen LogP contribution >= 0.6 is 0 Å². The maximum absolute atomic E-state index is 11.1. The summed E-state index contributed by atoms with van der Waals surface area (Å²) < 4.78 is 1.36. The summed E-state index contributed by atoms with van der Waals surface area (Å²) in [7, 11) is 0. The number of rotatable bonds is 7. The van der Waals surface area contributed by atoms with E-state index in [1.807, 2.05) is 0 Å². The minimum atomic E-state index is -1.26. The third-order valence-electron chi connectivity index (χ3n) is 4.99. The van der Waals surface area contributed by atoms with E-state index < -0.39 is 23.4 Å². The highest BCUT2D eigenvalue weighted by Gasteiger charge is 2.13. The Kier molecular flexibility index (Phi) is 6.36. The number of phenols is 2. The van der Waals surface area contributed by atoms with E-state index in [4.69, 9.17) is 16.1 Å². The number of hydrazone groups is 1. The fourth-order valence-corrected chi connectivity index (χ4v) is 3.19. The predicted molar refractivity (Wildman–Crippen MR) is 127 cm³/mol. The predicted octanol–water partition coefficient (Wildman–Crippen LogP) is 2.20. The van der Waals surface area contributed by atoms with Crippen molar-refractivity contribution in [3.05, 3.63) is 77.7 Å². The lowest BCUT2D eigenvalue weighted by atomic mass is 10.1. The van der Waals surface area contributed by atoms with Crippen LogP contribution < -0.4 is 5.84 Å². The Hall–Kier alpha value is -5.59. The van der Waals surface area contributed by atoms with Gasteiger partial charge in [-0.2, -0.15) is 5.10 Å². The molecule has 0 saturated carbocycles. The fourth-order valence-electron chi connectivity index (χ4n) is 3.19. The van der Waals surface area contributed by atoms with Gasteiger partial charge in [-0.3, -0.25) is 9.98 Å². The van der Waals surface area contributed by atoms with Crippen LogP contribution in [0.1, 0.15) is 26.3 Å². The van der Waals surface area contributed by atoms with E-state index >= 15 is 0 Å². The first-order valence-corrected chi connectivity index (χ1v) is 10.1. The summed E-state index contributed by atoms with van der Waals surface area (Å²) in [5.41, 5.74) is 1.91. The van der Waals surface area contributed by atoms with Crippen LogP contribution in [0.2, 0.25) is 0 Å². The zero-order chi connectivity index (χ0) is 25.8. The summed E-state index contributed by atoms with van der Waals surface area (Å²) in [4.78, 5) is 30.5. The van der Waals surface area contributed by atoms with E-state index in [0.29, 0.717) is 22.5 Å². The van der Waals surface area contributed by atoms with Crippen molar-refractivity contribution < 1.29 is 30.0 Å². The molecule has 36 heavy (non-hydrogen) atoms. The number of hydrogen-bond donors (Lipinski definition) is 5. The van der Waals surface area contributed by atoms with Gasteiger partial charge in [0.05, 0.1) is 23.8 Å². The number of benzene rings is 2. The van der Waals surface area contributed by atoms with Gasteiger partial charge in [0.25, 0.3) is 0 Å². The molecule has 0 aliphatic carbocycles. The quantitative estimate of drug-likeness (QED) is 0.146. The standard InChI is InChI=1S/C23H17N7O6/c24-27-18(10-26-14-1-3-16(22(33)34)20(31)6-14)12-5-13(9-25-8-12)19-11-30(29-28-19)15-2-4-17(23(35)36)21(32)7-15/h1-11,31-32H,24H2,(H,33,34)(H,35,36). The second kappa shape index (κ2) is 9.72. The number of hydrogen-bond acceptors (Lipinski definition) is 10. The van der Waals surface area contributed by atoms with Gasteiger partial charge < -0.3 is 26.3 Å². The monoisotopic (exact) mass is 487 g/mol. The summed E-state index contributed by atoms with van der Waals surface area (Å²) in [5.74, 6) is 2.17. The van der Waals surface area contributed by atoms with Gasteiger partial charge in [-0.25, -0.2) is 14.3 Å². The summed E-state index contributed by atoms with van der Waals surface area (Å²) in [6.07, 6.45) is 5.94. The van der Waals surface area contributed by atoms with E-state index in [1.54, 1.807) is 12.3 Å². The summed E-state index contributed by atoms with van der Waals surface area (Å²) in [6, 6.07) is 9.52. The average molecular weight is 487 g/mol. The highest BCUT2D eigenvalue weighted by molar-refractivity contribution is 6.38. The maximum Gasteiger partial charge on any atom is 0.339 e. The first kappa shape index (κ1) is 23.6. The van der Waals surface area contributed by atoms with Crippen molar-refractivity contribution in [2.45, 2.75) is 0 Å². The average Bonchev–Trinajstić information content (AvgIpc) is 3.35. The van der Waals surface area contributed by atoms with Crippen LogP contribution in [0.5, 0.6) is 11.5 Å². The van der Waals surface area contributed by atoms with Gasteiger partial charge in [0.2, 0.25) is 0 Å². The van der Waals surface area contributed by atoms with Crippen molar-refractivity contribution in [1.82, 2.24) is 20.0 Å². The van der Waals surface area contributed by atoms with Gasteiger partial charge in [-0.05, 0) is 30.3 Å². The van der Waals surface area contributed by atoms with Gasteiger partial charge in [0.1, 0.15) is 34.0 Å². The van der Waals surface area contributed by atoms with Crippen molar-refractivity contribution in [3.8, 4) is 28.4 Å². The normalized spacial score (nSPS) is 11.6. The molecular weight excluding hydrogens is 470 g/mol. The van der Waals surface area contributed by atoms with Crippen molar-refractivity contribution in [3.63, 3.8) is 0 Å².